The van der Waals surface area contributed by atoms with Gasteiger partial charge in [-0.1, -0.05) is 30.3 Å². The largest absolute Gasteiger partial charge is 0.379 e. The Balaban J connectivity index is 1.55. The van der Waals surface area contributed by atoms with Crippen LogP contribution >= 0.6 is 0 Å². The molecule has 1 aromatic carbocycles. The second kappa shape index (κ2) is 7.36. The van der Waals surface area contributed by atoms with E-state index >= 15 is 0 Å². The highest BCUT2D eigenvalue weighted by molar-refractivity contribution is 5.16. The Kier molecular flexibility index (Phi) is 5.25. The summed E-state index contributed by atoms with van der Waals surface area (Å²) in [5.41, 5.74) is 7.44. The fraction of sp³-hybridized carbons (Fsp3) is 0.647. The number of benzene rings is 1. The first-order chi connectivity index (χ1) is 10.4. The summed E-state index contributed by atoms with van der Waals surface area (Å²) in [7, 11) is 0. The van der Waals surface area contributed by atoms with Gasteiger partial charge in [-0.05, 0) is 18.4 Å². The quantitative estimate of drug-likeness (QED) is 0.877. The van der Waals surface area contributed by atoms with E-state index in [1.807, 2.05) is 0 Å². The third-order valence-corrected chi connectivity index (χ3v) is 4.86. The van der Waals surface area contributed by atoms with E-state index in [1.54, 1.807) is 0 Å². The predicted molar refractivity (Wildman–Crippen MR) is 85.4 cm³/mol. The molecular formula is C17H27N3O. The summed E-state index contributed by atoms with van der Waals surface area (Å²) in [6.45, 7) is 7.03. The maximum atomic E-state index is 6.05. The maximum absolute atomic E-state index is 6.05. The van der Waals surface area contributed by atoms with Crippen LogP contribution in [-0.2, 0) is 11.2 Å². The Morgan fingerprint density at radius 2 is 1.90 bits per heavy atom. The Hall–Kier alpha value is -0.940. The van der Waals surface area contributed by atoms with Gasteiger partial charge in [0.2, 0.25) is 0 Å². The van der Waals surface area contributed by atoms with Gasteiger partial charge in [0.15, 0.2) is 0 Å². The molecule has 2 atom stereocenters. The highest BCUT2D eigenvalue weighted by atomic mass is 16.5. The third-order valence-electron chi connectivity index (χ3n) is 4.86. The summed E-state index contributed by atoms with van der Waals surface area (Å²) in [5.74, 6) is 0. The first-order valence-corrected chi connectivity index (χ1v) is 8.16. The van der Waals surface area contributed by atoms with Gasteiger partial charge in [-0.25, -0.2) is 0 Å². The minimum atomic E-state index is 0.471. The molecule has 2 aliphatic heterocycles. The van der Waals surface area contributed by atoms with E-state index in [-0.39, 0.29) is 0 Å². The number of nitrogens with two attached hydrogens (primary N) is 1. The van der Waals surface area contributed by atoms with Gasteiger partial charge in [0, 0.05) is 44.8 Å². The lowest BCUT2D eigenvalue weighted by atomic mass is 10.1. The molecule has 2 saturated heterocycles. The molecule has 0 bridgehead atoms. The van der Waals surface area contributed by atoms with Gasteiger partial charge in [-0.15, -0.1) is 0 Å². The van der Waals surface area contributed by atoms with Crippen LogP contribution < -0.4 is 5.73 Å². The van der Waals surface area contributed by atoms with Crippen molar-refractivity contribution in [3.8, 4) is 0 Å². The number of rotatable bonds is 5. The number of hydrogen-bond acceptors (Lipinski definition) is 4. The zero-order valence-electron chi connectivity index (χ0n) is 12.8. The topological polar surface area (TPSA) is 41.7 Å². The average Bonchev–Trinajstić information content (AvgIpc) is 3.04. The molecule has 4 heteroatoms. The molecule has 116 valence electrons. The van der Waals surface area contributed by atoms with E-state index in [1.165, 1.54) is 18.5 Å². The van der Waals surface area contributed by atoms with Crippen LogP contribution in [0.2, 0.25) is 0 Å². The lowest BCUT2D eigenvalue weighted by Crippen LogP contribution is -2.47. The lowest BCUT2D eigenvalue weighted by Gasteiger charge is -2.33. The van der Waals surface area contributed by atoms with Gasteiger partial charge in [0.05, 0.1) is 13.2 Å². The molecule has 2 unspecified atom stereocenters. The Morgan fingerprint density at radius 3 is 2.62 bits per heavy atom. The van der Waals surface area contributed by atoms with Crippen molar-refractivity contribution in [2.75, 3.05) is 45.9 Å². The molecule has 0 amide bonds. The van der Waals surface area contributed by atoms with Crippen LogP contribution in [0.3, 0.4) is 0 Å². The summed E-state index contributed by atoms with van der Waals surface area (Å²) in [6.07, 6.45) is 2.33. The molecule has 21 heavy (non-hydrogen) atoms. The highest BCUT2D eigenvalue weighted by Gasteiger charge is 2.31. The molecule has 2 aliphatic rings. The number of ether oxygens (including phenoxy) is 1. The SMILES string of the molecule is NCC(Cc1ccccc1)N1CCC(N2CCOCC2)C1. The van der Waals surface area contributed by atoms with Crippen molar-refractivity contribution < 1.29 is 4.74 Å². The van der Waals surface area contributed by atoms with E-state index in [0.29, 0.717) is 12.1 Å². The number of likely N-dealkylation sites (tertiary alicyclic amines) is 1. The normalized spacial score (nSPS) is 26.0. The van der Waals surface area contributed by atoms with Crippen molar-refractivity contribution in [3.63, 3.8) is 0 Å². The van der Waals surface area contributed by atoms with Crippen molar-refractivity contribution in [1.82, 2.24) is 9.80 Å². The smallest absolute Gasteiger partial charge is 0.0594 e. The molecule has 0 spiro atoms. The van der Waals surface area contributed by atoms with Gasteiger partial charge in [0.25, 0.3) is 0 Å². The second-order valence-electron chi connectivity index (χ2n) is 6.17. The third kappa shape index (κ3) is 3.83. The van der Waals surface area contributed by atoms with Crippen LogP contribution in [-0.4, -0.2) is 67.8 Å². The van der Waals surface area contributed by atoms with Crippen molar-refractivity contribution in [2.45, 2.75) is 24.9 Å². The maximum Gasteiger partial charge on any atom is 0.0594 e. The van der Waals surface area contributed by atoms with Crippen LogP contribution in [0.4, 0.5) is 0 Å². The standard InChI is InChI=1S/C17H27N3O/c18-13-17(12-15-4-2-1-3-5-15)20-7-6-16(14-20)19-8-10-21-11-9-19/h1-5,16-17H,6-14,18H2. The summed E-state index contributed by atoms with van der Waals surface area (Å²) >= 11 is 0. The molecular weight excluding hydrogens is 262 g/mol. The minimum absolute atomic E-state index is 0.471. The minimum Gasteiger partial charge on any atom is -0.379 e. The Morgan fingerprint density at radius 1 is 1.14 bits per heavy atom. The molecule has 0 radical (unpaired) electrons. The van der Waals surface area contributed by atoms with E-state index in [0.717, 1.165) is 45.8 Å². The van der Waals surface area contributed by atoms with E-state index in [2.05, 4.69) is 40.1 Å². The van der Waals surface area contributed by atoms with Crippen molar-refractivity contribution in [3.05, 3.63) is 35.9 Å². The molecule has 4 nitrogen and oxygen atoms in total. The molecule has 2 heterocycles. The monoisotopic (exact) mass is 289 g/mol. The predicted octanol–water partition coefficient (Wildman–Crippen LogP) is 0.963. The average molecular weight is 289 g/mol. The Labute approximate surface area is 127 Å². The molecule has 1 aromatic rings. The number of nitrogens with zero attached hydrogens (tertiary/aromatic N) is 2. The fourth-order valence-corrected chi connectivity index (χ4v) is 3.59. The lowest BCUT2D eigenvalue weighted by molar-refractivity contribution is 0.0177. The molecule has 0 aromatic heterocycles. The zero-order chi connectivity index (χ0) is 14.5. The van der Waals surface area contributed by atoms with Crippen molar-refractivity contribution >= 4 is 0 Å². The van der Waals surface area contributed by atoms with Crippen LogP contribution in [0.1, 0.15) is 12.0 Å². The fourth-order valence-electron chi connectivity index (χ4n) is 3.59. The number of hydrogen-bond donors (Lipinski definition) is 1. The van der Waals surface area contributed by atoms with Crippen LogP contribution in [0.25, 0.3) is 0 Å². The molecule has 0 aliphatic carbocycles. The van der Waals surface area contributed by atoms with Crippen LogP contribution in [0, 0.1) is 0 Å². The van der Waals surface area contributed by atoms with Gasteiger partial charge >= 0.3 is 0 Å². The first kappa shape index (κ1) is 15.0. The molecule has 0 saturated carbocycles. The van der Waals surface area contributed by atoms with Crippen molar-refractivity contribution in [1.29, 1.82) is 0 Å². The highest BCUT2D eigenvalue weighted by Crippen LogP contribution is 2.20. The number of morpholine rings is 1. The van der Waals surface area contributed by atoms with Crippen LogP contribution in [0.5, 0.6) is 0 Å². The van der Waals surface area contributed by atoms with Gasteiger partial charge in [0.1, 0.15) is 0 Å². The van der Waals surface area contributed by atoms with E-state index in [9.17, 15) is 0 Å². The first-order valence-electron chi connectivity index (χ1n) is 8.16. The summed E-state index contributed by atoms with van der Waals surface area (Å²) in [6, 6.07) is 11.9. The van der Waals surface area contributed by atoms with Gasteiger partial charge < -0.3 is 10.5 Å². The van der Waals surface area contributed by atoms with Gasteiger partial charge in [-0.2, -0.15) is 0 Å². The summed E-state index contributed by atoms with van der Waals surface area (Å²) in [4.78, 5) is 5.19. The van der Waals surface area contributed by atoms with Crippen LogP contribution in [0.15, 0.2) is 30.3 Å². The molecule has 2 fully saturated rings. The van der Waals surface area contributed by atoms with E-state index < -0.39 is 0 Å². The summed E-state index contributed by atoms with van der Waals surface area (Å²) in [5, 5.41) is 0. The Bertz CT molecular complexity index is 419. The van der Waals surface area contributed by atoms with E-state index in [4.69, 9.17) is 10.5 Å². The second-order valence-corrected chi connectivity index (χ2v) is 6.17. The van der Waals surface area contributed by atoms with Gasteiger partial charge in [-0.3, -0.25) is 9.80 Å². The zero-order valence-corrected chi connectivity index (χ0v) is 12.8. The summed E-state index contributed by atoms with van der Waals surface area (Å²) < 4.78 is 5.46. The molecule has 3 rings (SSSR count). The van der Waals surface area contributed by atoms with Crippen molar-refractivity contribution in [2.24, 2.45) is 5.73 Å². The molecule has 2 N–H and O–H groups in total.